The van der Waals surface area contributed by atoms with Crippen LogP contribution in [0.1, 0.15) is 63.0 Å². The van der Waals surface area contributed by atoms with Crippen molar-refractivity contribution in [1.29, 1.82) is 0 Å². The molecule has 1 saturated heterocycles. The van der Waals surface area contributed by atoms with E-state index in [4.69, 9.17) is 16.3 Å². The third-order valence-corrected chi connectivity index (χ3v) is 7.71. The Hall–Kier alpha value is -2.29. The number of methoxy groups -OCH3 is 1. The number of alkyl carbamates (subject to hydrolysis) is 1. The fraction of sp³-hybridized carbons (Fsp3) is 0.643. The van der Waals surface area contributed by atoms with Gasteiger partial charge in [-0.3, -0.25) is 0 Å². The molecule has 0 bridgehead atoms. The van der Waals surface area contributed by atoms with E-state index in [0.29, 0.717) is 37.2 Å². The summed E-state index contributed by atoms with van der Waals surface area (Å²) in [6.07, 6.45) is 8.42. The van der Waals surface area contributed by atoms with E-state index >= 15 is 0 Å². The Labute approximate surface area is 225 Å². The highest BCUT2D eigenvalue weighted by atomic mass is 35.5. The quantitative estimate of drug-likeness (QED) is 0.271. The first-order valence-corrected chi connectivity index (χ1v) is 13.8. The lowest BCUT2D eigenvalue weighted by Crippen LogP contribution is -2.52. The Morgan fingerprint density at radius 2 is 2.03 bits per heavy atom. The summed E-state index contributed by atoms with van der Waals surface area (Å²) >= 11 is 6.27. The van der Waals surface area contributed by atoms with E-state index in [9.17, 15) is 14.7 Å². The van der Waals surface area contributed by atoms with Crippen molar-refractivity contribution in [3.8, 4) is 0 Å². The van der Waals surface area contributed by atoms with Gasteiger partial charge in [0.05, 0.1) is 32.0 Å². The highest BCUT2D eigenvalue weighted by Gasteiger charge is 2.33. The number of likely N-dealkylation sites (tertiary alicyclic amines) is 1. The van der Waals surface area contributed by atoms with Gasteiger partial charge in [-0.05, 0) is 42.9 Å². The molecular weight excluding hydrogens is 494 g/mol. The first-order valence-electron chi connectivity index (χ1n) is 13.5. The van der Waals surface area contributed by atoms with Gasteiger partial charge < -0.3 is 30.1 Å². The number of hydrogen-bond donors (Lipinski definition) is 3. The summed E-state index contributed by atoms with van der Waals surface area (Å²) < 4.78 is 10.9. The number of benzene rings is 1. The second-order valence-electron chi connectivity index (χ2n) is 10.1. The van der Waals surface area contributed by atoms with Crippen LogP contribution >= 0.6 is 11.6 Å². The Kier molecular flexibility index (Phi) is 12.0. The van der Waals surface area contributed by atoms with Gasteiger partial charge in [0.25, 0.3) is 0 Å². The van der Waals surface area contributed by atoms with Crippen LogP contribution in [-0.2, 0) is 9.47 Å². The Bertz CT molecular complexity index is 879. The average Bonchev–Trinajstić information content (AvgIpc) is 2.92. The monoisotopic (exact) mass is 535 g/mol. The minimum absolute atomic E-state index is 0.0530. The molecule has 8 nitrogen and oxygen atoms in total. The summed E-state index contributed by atoms with van der Waals surface area (Å²) in [4.78, 5) is 26.6. The van der Waals surface area contributed by atoms with Crippen molar-refractivity contribution < 1.29 is 24.2 Å². The maximum Gasteiger partial charge on any atom is 0.406 e. The number of hydrogen-bond acceptors (Lipinski definition) is 5. The van der Waals surface area contributed by atoms with Crippen LogP contribution in [0.3, 0.4) is 0 Å². The minimum Gasteiger partial charge on any atom is -0.453 e. The zero-order valence-electron chi connectivity index (χ0n) is 21.9. The van der Waals surface area contributed by atoms with Crippen LogP contribution in [0.5, 0.6) is 0 Å². The summed E-state index contributed by atoms with van der Waals surface area (Å²) in [6.45, 7) is 5.52. The Morgan fingerprint density at radius 3 is 2.73 bits per heavy atom. The van der Waals surface area contributed by atoms with Crippen LogP contribution in [0.4, 0.5) is 9.59 Å². The number of aliphatic hydroxyl groups is 1. The molecule has 4 atom stereocenters. The van der Waals surface area contributed by atoms with Crippen LogP contribution in [0.25, 0.3) is 0 Å². The molecule has 1 heterocycles. The molecule has 4 unspecified atom stereocenters. The van der Waals surface area contributed by atoms with E-state index in [1.807, 2.05) is 29.2 Å². The lowest BCUT2D eigenvalue weighted by molar-refractivity contribution is -0.00891. The minimum atomic E-state index is -0.781. The predicted octanol–water partition coefficient (Wildman–Crippen LogP) is 5.06. The molecule has 0 aromatic heterocycles. The number of amides is 3. The molecule has 2 fully saturated rings. The standard InChI is InChI=1S/C28H42ClN3O5/c1-3-25(33)24(17-20-9-5-4-6-10-20)31-27(34)32-15-8-12-22(19-32)26(21-11-7-13-23(29)18-21)37-16-14-30-28(35)36-2/h3,7,11,13,18,20,22,24-26,33H,1,4-6,8-10,12,14-17,19H2,2H3,(H,30,35)(H,31,34). The zero-order chi connectivity index (χ0) is 26.6. The molecule has 1 aliphatic carbocycles. The molecule has 2 aliphatic rings. The second kappa shape index (κ2) is 15.2. The van der Waals surface area contributed by atoms with Crippen molar-refractivity contribution in [2.45, 2.75) is 69.6 Å². The smallest absolute Gasteiger partial charge is 0.406 e. The van der Waals surface area contributed by atoms with Gasteiger partial charge in [0.2, 0.25) is 0 Å². The zero-order valence-corrected chi connectivity index (χ0v) is 22.6. The third-order valence-electron chi connectivity index (χ3n) is 7.48. The molecule has 9 heteroatoms. The molecular formula is C28H42ClN3O5. The number of nitrogens with one attached hydrogen (secondary N) is 2. The van der Waals surface area contributed by atoms with Crippen LogP contribution in [0.15, 0.2) is 36.9 Å². The van der Waals surface area contributed by atoms with E-state index in [1.54, 1.807) is 0 Å². The number of carbonyl (C=O) groups is 2. The number of carbonyl (C=O) groups excluding carboxylic acids is 2. The van der Waals surface area contributed by atoms with E-state index in [1.165, 1.54) is 32.4 Å². The van der Waals surface area contributed by atoms with Crippen LogP contribution < -0.4 is 10.6 Å². The van der Waals surface area contributed by atoms with Gasteiger partial charge in [0, 0.05) is 30.6 Å². The summed E-state index contributed by atoms with van der Waals surface area (Å²) in [7, 11) is 1.32. The number of halogens is 1. The van der Waals surface area contributed by atoms with Crippen LogP contribution in [-0.4, -0.2) is 67.6 Å². The van der Waals surface area contributed by atoms with Gasteiger partial charge in [-0.15, -0.1) is 6.58 Å². The predicted molar refractivity (Wildman–Crippen MR) is 145 cm³/mol. The lowest BCUT2D eigenvalue weighted by atomic mass is 9.83. The maximum atomic E-state index is 13.3. The topological polar surface area (TPSA) is 100 Å². The largest absolute Gasteiger partial charge is 0.453 e. The molecule has 3 N–H and O–H groups in total. The molecule has 1 aromatic carbocycles. The molecule has 1 saturated carbocycles. The fourth-order valence-electron chi connectivity index (χ4n) is 5.52. The van der Waals surface area contributed by atoms with Crippen molar-refractivity contribution in [3.63, 3.8) is 0 Å². The maximum absolute atomic E-state index is 13.3. The van der Waals surface area contributed by atoms with Crippen LogP contribution in [0, 0.1) is 11.8 Å². The van der Waals surface area contributed by atoms with Gasteiger partial charge >= 0.3 is 12.1 Å². The first kappa shape index (κ1) is 29.3. The van der Waals surface area contributed by atoms with E-state index in [2.05, 4.69) is 21.9 Å². The Morgan fingerprint density at radius 1 is 1.24 bits per heavy atom. The summed E-state index contributed by atoms with van der Waals surface area (Å²) in [6, 6.07) is 7.06. The molecule has 1 aliphatic heterocycles. The van der Waals surface area contributed by atoms with E-state index in [0.717, 1.165) is 37.7 Å². The number of nitrogens with zero attached hydrogens (tertiary/aromatic N) is 1. The molecule has 1 aromatic rings. The van der Waals surface area contributed by atoms with Crippen molar-refractivity contribution in [2.24, 2.45) is 11.8 Å². The average molecular weight is 536 g/mol. The summed E-state index contributed by atoms with van der Waals surface area (Å²) in [5.74, 6) is 0.569. The third kappa shape index (κ3) is 9.20. The lowest BCUT2D eigenvalue weighted by Gasteiger charge is -2.38. The molecule has 3 rings (SSSR count). The van der Waals surface area contributed by atoms with Crippen molar-refractivity contribution >= 4 is 23.7 Å². The van der Waals surface area contributed by atoms with Gasteiger partial charge in [-0.25, -0.2) is 9.59 Å². The number of piperidine rings is 1. The van der Waals surface area contributed by atoms with Gasteiger partial charge in [-0.1, -0.05) is 61.9 Å². The van der Waals surface area contributed by atoms with Gasteiger partial charge in [0.15, 0.2) is 0 Å². The molecule has 0 spiro atoms. The first-order chi connectivity index (χ1) is 17.9. The normalized spacial score (nSPS) is 20.9. The number of rotatable bonds is 11. The summed E-state index contributed by atoms with van der Waals surface area (Å²) in [5, 5.41) is 16.9. The number of urea groups is 1. The molecule has 206 valence electrons. The second-order valence-corrected chi connectivity index (χ2v) is 10.6. The van der Waals surface area contributed by atoms with Crippen LogP contribution in [0.2, 0.25) is 5.02 Å². The molecule has 3 amide bonds. The fourth-order valence-corrected chi connectivity index (χ4v) is 5.72. The highest BCUT2D eigenvalue weighted by molar-refractivity contribution is 6.30. The summed E-state index contributed by atoms with van der Waals surface area (Å²) in [5.41, 5.74) is 0.940. The van der Waals surface area contributed by atoms with Crippen molar-refractivity contribution in [3.05, 3.63) is 47.5 Å². The highest BCUT2D eigenvalue weighted by Crippen LogP contribution is 2.34. The molecule has 37 heavy (non-hydrogen) atoms. The number of aliphatic hydroxyl groups excluding tert-OH is 1. The van der Waals surface area contributed by atoms with Crippen molar-refractivity contribution in [1.82, 2.24) is 15.5 Å². The van der Waals surface area contributed by atoms with E-state index in [-0.39, 0.29) is 24.1 Å². The van der Waals surface area contributed by atoms with E-state index < -0.39 is 12.2 Å². The SMILES string of the molecule is C=CC(O)C(CC1CCCCC1)NC(=O)N1CCCC(C(OCCNC(=O)OC)c2cccc(Cl)c2)C1. The Balaban J connectivity index is 1.65. The van der Waals surface area contributed by atoms with Crippen molar-refractivity contribution in [2.75, 3.05) is 33.4 Å². The van der Waals surface area contributed by atoms with Gasteiger partial charge in [0.1, 0.15) is 0 Å². The number of ether oxygens (including phenoxy) is 2. The van der Waals surface area contributed by atoms with Gasteiger partial charge in [-0.2, -0.15) is 0 Å². The molecule has 0 radical (unpaired) electrons.